The molecule has 1 atom stereocenters. The molecular formula is C19H26N4O2. The van der Waals surface area contributed by atoms with Crippen LogP contribution in [0.25, 0.3) is 0 Å². The Morgan fingerprint density at radius 3 is 2.80 bits per heavy atom. The summed E-state index contributed by atoms with van der Waals surface area (Å²) in [5.41, 5.74) is 2.14. The average Bonchev–Trinajstić information content (AvgIpc) is 3.09. The SMILES string of the molecule is COc1ccc(OC)c(CN2CCC(N(C)c3nccc(C)n3)C2)c1. The van der Waals surface area contributed by atoms with Crippen LogP contribution in [0.2, 0.25) is 0 Å². The average molecular weight is 342 g/mol. The van der Waals surface area contributed by atoms with Crippen LogP contribution in [-0.4, -0.2) is 55.3 Å². The van der Waals surface area contributed by atoms with Gasteiger partial charge in [0.15, 0.2) is 0 Å². The lowest BCUT2D eigenvalue weighted by atomic mass is 10.1. The molecule has 0 spiro atoms. The lowest BCUT2D eigenvalue weighted by molar-refractivity contribution is 0.314. The number of nitrogens with zero attached hydrogens (tertiary/aromatic N) is 4. The Labute approximate surface area is 149 Å². The summed E-state index contributed by atoms with van der Waals surface area (Å²) in [6.07, 6.45) is 2.92. The van der Waals surface area contributed by atoms with Gasteiger partial charge < -0.3 is 14.4 Å². The van der Waals surface area contributed by atoms with Crippen LogP contribution in [0, 0.1) is 6.92 Å². The number of rotatable bonds is 6. The molecule has 1 aliphatic rings. The van der Waals surface area contributed by atoms with E-state index in [2.05, 4.69) is 32.9 Å². The summed E-state index contributed by atoms with van der Waals surface area (Å²) < 4.78 is 10.8. The van der Waals surface area contributed by atoms with Gasteiger partial charge in [-0.3, -0.25) is 4.90 Å². The van der Waals surface area contributed by atoms with Crippen LogP contribution >= 0.6 is 0 Å². The van der Waals surface area contributed by atoms with Gasteiger partial charge >= 0.3 is 0 Å². The number of likely N-dealkylation sites (N-methyl/N-ethyl adjacent to an activating group) is 1. The van der Waals surface area contributed by atoms with Crippen LogP contribution in [0.15, 0.2) is 30.5 Å². The molecule has 134 valence electrons. The summed E-state index contributed by atoms with van der Waals surface area (Å²) in [5, 5.41) is 0. The minimum absolute atomic E-state index is 0.415. The molecule has 0 saturated carbocycles. The van der Waals surface area contributed by atoms with E-state index < -0.39 is 0 Å². The molecule has 1 unspecified atom stereocenters. The molecule has 6 nitrogen and oxygen atoms in total. The second kappa shape index (κ2) is 7.70. The van der Waals surface area contributed by atoms with E-state index in [4.69, 9.17) is 9.47 Å². The van der Waals surface area contributed by atoms with Crippen LogP contribution in [-0.2, 0) is 6.54 Å². The van der Waals surface area contributed by atoms with Crippen LogP contribution < -0.4 is 14.4 Å². The van der Waals surface area contributed by atoms with Crippen molar-refractivity contribution < 1.29 is 9.47 Å². The van der Waals surface area contributed by atoms with Gasteiger partial charge in [0.2, 0.25) is 5.95 Å². The Balaban J connectivity index is 1.67. The van der Waals surface area contributed by atoms with Gasteiger partial charge in [0, 0.05) is 50.2 Å². The quantitative estimate of drug-likeness (QED) is 0.804. The number of anilines is 1. The van der Waals surface area contributed by atoms with Gasteiger partial charge in [0.1, 0.15) is 11.5 Å². The maximum atomic E-state index is 5.50. The molecule has 1 fully saturated rings. The molecule has 0 aliphatic carbocycles. The van der Waals surface area contributed by atoms with Crippen molar-refractivity contribution in [2.24, 2.45) is 0 Å². The fourth-order valence-corrected chi connectivity index (χ4v) is 3.29. The van der Waals surface area contributed by atoms with Crippen molar-refractivity contribution in [3.63, 3.8) is 0 Å². The normalized spacial score (nSPS) is 17.5. The molecule has 0 amide bonds. The summed E-state index contributed by atoms with van der Waals surface area (Å²) >= 11 is 0. The number of hydrogen-bond acceptors (Lipinski definition) is 6. The molecule has 2 heterocycles. The van der Waals surface area contributed by atoms with Crippen LogP contribution in [0.3, 0.4) is 0 Å². The van der Waals surface area contributed by atoms with Crippen molar-refractivity contribution in [3.05, 3.63) is 41.7 Å². The zero-order valence-corrected chi connectivity index (χ0v) is 15.4. The van der Waals surface area contributed by atoms with Gasteiger partial charge in [0.25, 0.3) is 0 Å². The van der Waals surface area contributed by atoms with Crippen LogP contribution in [0.5, 0.6) is 11.5 Å². The Hall–Kier alpha value is -2.34. The predicted octanol–water partition coefficient (Wildman–Crippen LogP) is 2.51. The molecule has 0 radical (unpaired) electrons. The molecule has 1 aromatic heterocycles. The highest BCUT2D eigenvalue weighted by molar-refractivity contribution is 5.40. The number of ether oxygens (including phenoxy) is 2. The van der Waals surface area contributed by atoms with E-state index in [9.17, 15) is 0 Å². The summed E-state index contributed by atoms with van der Waals surface area (Å²) in [6.45, 7) is 4.86. The van der Waals surface area contributed by atoms with E-state index in [1.54, 1.807) is 14.2 Å². The smallest absolute Gasteiger partial charge is 0.225 e. The standard InChI is InChI=1S/C19H26N4O2/c1-14-7-9-20-19(21-14)22(2)16-8-10-23(13-16)12-15-11-17(24-3)5-6-18(15)25-4/h5-7,9,11,16H,8,10,12-13H2,1-4H3. The molecule has 0 bridgehead atoms. The largest absolute Gasteiger partial charge is 0.497 e. The molecule has 25 heavy (non-hydrogen) atoms. The maximum Gasteiger partial charge on any atom is 0.225 e. The molecule has 6 heteroatoms. The van der Waals surface area contributed by atoms with Gasteiger partial charge in [-0.15, -0.1) is 0 Å². The summed E-state index contributed by atoms with van der Waals surface area (Å²) in [6, 6.07) is 8.29. The highest BCUT2D eigenvalue weighted by atomic mass is 16.5. The molecular weight excluding hydrogens is 316 g/mol. The van der Waals surface area contributed by atoms with Gasteiger partial charge in [-0.1, -0.05) is 0 Å². The number of aryl methyl sites for hydroxylation is 1. The lowest BCUT2D eigenvalue weighted by Gasteiger charge is -2.25. The zero-order valence-electron chi connectivity index (χ0n) is 15.4. The van der Waals surface area contributed by atoms with Crippen molar-refractivity contribution in [3.8, 4) is 11.5 Å². The summed E-state index contributed by atoms with van der Waals surface area (Å²) in [5.74, 6) is 2.56. The topological polar surface area (TPSA) is 50.7 Å². The second-order valence-electron chi connectivity index (χ2n) is 6.46. The first kappa shape index (κ1) is 17.5. The highest BCUT2D eigenvalue weighted by Crippen LogP contribution is 2.27. The van der Waals surface area contributed by atoms with Crippen LogP contribution in [0.4, 0.5) is 5.95 Å². The third-order valence-corrected chi connectivity index (χ3v) is 4.77. The third kappa shape index (κ3) is 4.02. The first-order valence-corrected chi connectivity index (χ1v) is 8.56. The lowest BCUT2D eigenvalue weighted by Crippen LogP contribution is -2.35. The predicted molar refractivity (Wildman–Crippen MR) is 98.4 cm³/mol. The fraction of sp³-hybridized carbons (Fsp3) is 0.474. The monoisotopic (exact) mass is 342 g/mol. The van der Waals surface area contributed by atoms with Gasteiger partial charge in [-0.2, -0.15) is 0 Å². The molecule has 2 aromatic rings. The van der Waals surface area contributed by atoms with E-state index in [-0.39, 0.29) is 0 Å². The number of methoxy groups -OCH3 is 2. The Morgan fingerprint density at radius 2 is 2.08 bits per heavy atom. The number of benzene rings is 1. The second-order valence-corrected chi connectivity index (χ2v) is 6.46. The first-order valence-electron chi connectivity index (χ1n) is 8.56. The molecule has 1 aromatic carbocycles. The van der Waals surface area contributed by atoms with Gasteiger partial charge in [-0.25, -0.2) is 9.97 Å². The van der Waals surface area contributed by atoms with E-state index in [0.29, 0.717) is 6.04 Å². The maximum absolute atomic E-state index is 5.50. The molecule has 1 saturated heterocycles. The van der Waals surface area contributed by atoms with Crippen LogP contribution in [0.1, 0.15) is 17.7 Å². The Bertz CT molecular complexity index is 722. The minimum Gasteiger partial charge on any atom is -0.497 e. The number of hydrogen-bond donors (Lipinski definition) is 0. The van der Waals surface area contributed by atoms with E-state index >= 15 is 0 Å². The molecule has 0 N–H and O–H groups in total. The summed E-state index contributed by atoms with van der Waals surface area (Å²) in [7, 11) is 5.48. The zero-order chi connectivity index (χ0) is 17.8. The highest BCUT2D eigenvalue weighted by Gasteiger charge is 2.27. The number of aromatic nitrogens is 2. The third-order valence-electron chi connectivity index (χ3n) is 4.77. The first-order chi connectivity index (χ1) is 12.1. The van der Waals surface area contributed by atoms with E-state index in [1.807, 2.05) is 31.3 Å². The Morgan fingerprint density at radius 1 is 1.24 bits per heavy atom. The van der Waals surface area contributed by atoms with Gasteiger partial charge in [-0.05, 0) is 37.6 Å². The van der Waals surface area contributed by atoms with Crippen molar-refractivity contribution in [1.82, 2.24) is 14.9 Å². The molecule has 1 aliphatic heterocycles. The summed E-state index contributed by atoms with van der Waals surface area (Å²) in [4.78, 5) is 13.6. The van der Waals surface area contributed by atoms with Crippen molar-refractivity contribution in [2.45, 2.75) is 25.9 Å². The Kier molecular flexibility index (Phi) is 5.38. The van der Waals surface area contributed by atoms with Crippen molar-refractivity contribution in [1.29, 1.82) is 0 Å². The van der Waals surface area contributed by atoms with Crippen molar-refractivity contribution >= 4 is 5.95 Å². The fourth-order valence-electron chi connectivity index (χ4n) is 3.29. The number of likely N-dealkylation sites (tertiary alicyclic amines) is 1. The molecule has 3 rings (SSSR count). The minimum atomic E-state index is 0.415. The van der Waals surface area contributed by atoms with E-state index in [0.717, 1.165) is 54.8 Å². The van der Waals surface area contributed by atoms with Crippen molar-refractivity contribution in [2.75, 3.05) is 39.3 Å². The van der Waals surface area contributed by atoms with E-state index in [1.165, 1.54) is 0 Å². The van der Waals surface area contributed by atoms with Gasteiger partial charge in [0.05, 0.1) is 14.2 Å².